The van der Waals surface area contributed by atoms with Crippen LogP contribution < -0.4 is 16.0 Å². The second kappa shape index (κ2) is 8.07. The van der Waals surface area contributed by atoms with Gasteiger partial charge in [-0.15, -0.1) is 0 Å². The van der Waals surface area contributed by atoms with Gasteiger partial charge in [0.25, 0.3) is 0 Å². The molecule has 2 heterocycles. The van der Waals surface area contributed by atoms with Crippen molar-refractivity contribution < 1.29 is 4.79 Å². The molecule has 0 aromatic carbocycles. The van der Waals surface area contributed by atoms with Gasteiger partial charge in [-0.05, 0) is 30.5 Å². The molecule has 23 heavy (non-hydrogen) atoms. The summed E-state index contributed by atoms with van der Waals surface area (Å²) in [6.45, 7) is 7.23. The summed E-state index contributed by atoms with van der Waals surface area (Å²) in [5.74, 6) is 1.47. The van der Waals surface area contributed by atoms with E-state index in [0.29, 0.717) is 12.4 Å². The number of hydrogen-bond donors (Lipinski definition) is 3. The van der Waals surface area contributed by atoms with E-state index in [1.54, 1.807) is 18.6 Å². The van der Waals surface area contributed by atoms with Gasteiger partial charge >= 0.3 is 6.03 Å². The van der Waals surface area contributed by atoms with Crippen molar-refractivity contribution in [3.63, 3.8) is 0 Å². The summed E-state index contributed by atoms with van der Waals surface area (Å²) in [7, 11) is 0. The van der Waals surface area contributed by atoms with Gasteiger partial charge in [0, 0.05) is 31.7 Å². The van der Waals surface area contributed by atoms with Crippen molar-refractivity contribution in [3.05, 3.63) is 42.0 Å². The first-order valence-electron chi connectivity index (χ1n) is 7.64. The summed E-state index contributed by atoms with van der Waals surface area (Å²) in [4.78, 5) is 24.7. The van der Waals surface area contributed by atoms with Gasteiger partial charge in [0.15, 0.2) is 5.82 Å². The molecule has 7 nitrogen and oxygen atoms in total. The zero-order valence-electron chi connectivity index (χ0n) is 13.6. The Labute approximate surface area is 136 Å². The first-order chi connectivity index (χ1) is 11.1. The molecule has 0 aliphatic rings. The normalized spacial score (nSPS) is 10.4. The maximum atomic E-state index is 12.0. The molecule has 2 amide bonds. The highest BCUT2D eigenvalue weighted by Crippen LogP contribution is 2.18. The zero-order chi connectivity index (χ0) is 16.7. The number of urea groups is 1. The SMILES string of the molecule is CCNc1cc(CNC(=O)Nc2nccnc2C(C)C)ccn1. The molecule has 2 aromatic heterocycles. The Kier molecular flexibility index (Phi) is 5.85. The third kappa shape index (κ3) is 4.91. The quantitative estimate of drug-likeness (QED) is 0.762. The molecule has 0 saturated carbocycles. The van der Waals surface area contributed by atoms with Crippen molar-refractivity contribution >= 4 is 17.7 Å². The van der Waals surface area contributed by atoms with Gasteiger partial charge in [-0.3, -0.25) is 10.3 Å². The molecule has 3 N–H and O–H groups in total. The predicted molar refractivity (Wildman–Crippen MR) is 90.4 cm³/mol. The highest BCUT2D eigenvalue weighted by molar-refractivity contribution is 5.88. The Bertz CT molecular complexity index is 659. The van der Waals surface area contributed by atoms with E-state index in [-0.39, 0.29) is 11.9 Å². The smallest absolute Gasteiger partial charge is 0.320 e. The van der Waals surface area contributed by atoms with Gasteiger partial charge in [-0.1, -0.05) is 13.8 Å². The molecule has 122 valence electrons. The average molecular weight is 314 g/mol. The Balaban J connectivity index is 1.94. The van der Waals surface area contributed by atoms with Crippen molar-refractivity contribution in [1.82, 2.24) is 20.3 Å². The molecule has 0 spiro atoms. The second-order valence-corrected chi connectivity index (χ2v) is 5.33. The van der Waals surface area contributed by atoms with Gasteiger partial charge in [0.1, 0.15) is 5.82 Å². The van der Waals surface area contributed by atoms with Crippen LogP contribution in [-0.2, 0) is 6.54 Å². The van der Waals surface area contributed by atoms with E-state index >= 15 is 0 Å². The Morgan fingerprint density at radius 2 is 1.96 bits per heavy atom. The topological polar surface area (TPSA) is 91.8 Å². The minimum Gasteiger partial charge on any atom is -0.370 e. The summed E-state index contributed by atoms with van der Waals surface area (Å²) in [5.41, 5.74) is 1.73. The lowest BCUT2D eigenvalue weighted by atomic mass is 10.1. The van der Waals surface area contributed by atoms with Gasteiger partial charge in [-0.2, -0.15) is 0 Å². The second-order valence-electron chi connectivity index (χ2n) is 5.33. The zero-order valence-corrected chi connectivity index (χ0v) is 13.6. The fraction of sp³-hybridized carbons (Fsp3) is 0.375. The van der Waals surface area contributed by atoms with Crippen LogP contribution in [0, 0.1) is 0 Å². The Hall–Kier alpha value is -2.70. The number of aromatic nitrogens is 3. The van der Waals surface area contributed by atoms with Gasteiger partial charge in [0.2, 0.25) is 0 Å². The molecule has 0 bridgehead atoms. The molecule has 0 atom stereocenters. The molecule has 2 aromatic rings. The molecule has 0 radical (unpaired) electrons. The first-order valence-corrected chi connectivity index (χ1v) is 7.64. The summed E-state index contributed by atoms with van der Waals surface area (Å²) >= 11 is 0. The van der Waals surface area contributed by atoms with E-state index in [4.69, 9.17) is 0 Å². The fourth-order valence-corrected chi connectivity index (χ4v) is 2.06. The van der Waals surface area contributed by atoms with Crippen molar-refractivity contribution in [1.29, 1.82) is 0 Å². The van der Waals surface area contributed by atoms with Crippen molar-refractivity contribution in [2.75, 3.05) is 17.2 Å². The van der Waals surface area contributed by atoms with E-state index in [0.717, 1.165) is 23.6 Å². The van der Waals surface area contributed by atoms with E-state index in [1.807, 2.05) is 32.9 Å². The number of carbonyl (C=O) groups is 1. The van der Waals surface area contributed by atoms with Crippen LogP contribution in [0.4, 0.5) is 16.4 Å². The van der Waals surface area contributed by atoms with E-state index < -0.39 is 0 Å². The maximum absolute atomic E-state index is 12.0. The van der Waals surface area contributed by atoms with E-state index in [9.17, 15) is 4.79 Å². The number of nitrogens with one attached hydrogen (secondary N) is 3. The largest absolute Gasteiger partial charge is 0.370 e. The van der Waals surface area contributed by atoms with Crippen LogP contribution >= 0.6 is 0 Å². The summed E-state index contributed by atoms with van der Waals surface area (Å²) in [6.07, 6.45) is 4.90. The van der Waals surface area contributed by atoms with E-state index in [1.165, 1.54) is 0 Å². The summed E-state index contributed by atoms with van der Waals surface area (Å²) in [6, 6.07) is 3.46. The molecule has 0 saturated heterocycles. The molecule has 0 unspecified atom stereocenters. The third-order valence-electron chi connectivity index (χ3n) is 3.14. The number of anilines is 2. The fourth-order valence-electron chi connectivity index (χ4n) is 2.06. The van der Waals surface area contributed by atoms with Gasteiger partial charge in [-0.25, -0.2) is 14.8 Å². The van der Waals surface area contributed by atoms with Crippen LogP contribution in [0.15, 0.2) is 30.7 Å². The lowest BCUT2D eigenvalue weighted by Crippen LogP contribution is -2.29. The third-order valence-corrected chi connectivity index (χ3v) is 3.14. The summed E-state index contributed by atoms with van der Waals surface area (Å²) < 4.78 is 0. The minimum atomic E-state index is -0.311. The van der Waals surface area contributed by atoms with Gasteiger partial charge in [0.05, 0.1) is 5.69 Å². The molecule has 0 aliphatic carbocycles. The molecular weight excluding hydrogens is 292 g/mol. The van der Waals surface area contributed by atoms with Crippen LogP contribution in [0.5, 0.6) is 0 Å². The minimum absolute atomic E-state index is 0.182. The number of pyridine rings is 1. The monoisotopic (exact) mass is 314 g/mol. The lowest BCUT2D eigenvalue weighted by Gasteiger charge is -2.12. The van der Waals surface area contributed by atoms with Crippen LogP contribution in [0.1, 0.15) is 37.9 Å². The maximum Gasteiger partial charge on any atom is 0.320 e. The summed E-state index contributed by atoms with van der Waals surface area (Å²) in [5, 5.41) is 8.69. The highest BCUT2D eigenvalue weighted by atomic mass is 16.2. The highest BCUT2D eigenvalue weighted by Gasteiger charge is 2.11. The predicted octanol–water partition coefficient (Wildman–Crippen LogP) is 2.75. The number of carbonyl (C=O) groups excluding carboxylic acids is 1. The lowest BCUT2D eigenvalue weighted by molar-refractivity contribution is 0.251. The average Bonchev–Trinajstić information content (AvgIpc) is 2.54. The van der Waals surface area contributed by atoms with Crippen LogP contribution in [0.3, 0.4) is 0 Å². The molecule has 7 heteroatoms. The van der Waals surface area contributed by atoms with Crippen molar-refractivity contribution in [2.45, 2.75) is 33.2 Å². The molecule has 0 aliphatic heterocycles. The molecule has 0 fully saturated rings. The van der Waals surface area contributed by atoms with E-state index in [2.05, 4.69) is 30.9 Å². The van der Waals surface area contributed by atoms with Crippen molar-refractivity contribution in [2.24, 2.45) is 0 Å². The molecule has 2 rings (SSSR count). The van der Waals surface area contributed by atoms with Gasteiger partial charge < -0.3 is 10.6 Å². The molecular formula is C16H22N6O. The number of nitrogens with zero attached hydrogens (tertiary/aromatic N) is 3. The number of rotatable bonds is 6. The van der Waals surface area contributed by atoms with Crippen LogP contribution in [0.2, 0.25) is 0 Å². The Morgan fingerprint density at radius 1 is 1.17 bits per heavy atom. The van der Waals surface area contributed by atoms with Crippen molar-refractivity contribution in [3.8, 4) is 0 Å². The first kappa shape index (κ1) is 16.7. The Morgan fingerprint density at radius 3 is 2.70 bits per heavy atom. The van der Waals surface area contributed by atoms with Crippen LogP contribution in [-0.4, -0.2) is 27.5 Å². The van der Waals surface area contributed by atoms with Crippen LogP contribution in [0.25, 0.3) is 0 Å². The number of hydrogen-bond acceptors (Lipinski definition) is 5. The number of amides is 2. The standard InChI is InChI=1S/C16H22N6O/c1-4-17-13-9-12(5-6-18-13)10-21-16(23)22-15-14(11(2)3)19-7-8-20-15/h5-9,11H,4,10H2,1-3H3,(H,17,18)(H2,20,21,22,23).